The van der Waals surface area contributed by atoms with E-state index in [2.05, 4.69) is 16.7 Å². The van der Waals surface area contributed by atoms with Crippen LogP contribution >= 0.6 is 23.2 Å². The van der Waals surface area contributed by atoms with Crippen molar-refractivity contribution in [1.29, 1.82) is 5.26 Å². The number of amides is 3. The number of anilines is 1. The molecule has 0 spiro atoms. The van der Waals surface area contributed by atoms with E-state index in [4.69, 9.17) is 37.9 Å². The lowest BCUT2D eigenvalue weighted by Crippen LogP contribution is -2.56. The molecule has 304 valence electrons. The van der Waals surface area contributed by atoms with Crippen LogP contribution in [0.2, 0.25) is 10.0 Å². The van der Waals surface area contributed by atoms with E-state index in [-0.39, 0.29) is 26.0 Å². The van der Waals surface area contributed by atoms with Crippen LogP contribution in [0.25, 0.3) is 11.1 Å². The van der Waals surface area contributed by atoms with E-state index in [0.717, 1.165) is 16.7 Å². The number of ether oxygens (including phenoxy) is 2. The largest absolute Gasteiger partial charge is 0.489 e. The molecule has 13 heteroatoms. The summed E-state index contributed by atoms with van der Waals surface area (Å²) in [4.78, 5) is 55.7. The number of carbonyl (C=O) groups is 4. The van der Waals surface area contributed by atoms with Gasteiger partial charge < -0.3 is 30.1 Å². The van der Waals surface area contributed by atoms with Gasteiger partial charge in [-0.15, -0.1) is 0 Å². The van der Waals surface area contributed by atoms with Gasteiger partial charge in [-0.1, -0.05) is 96.0 Å². The maximum atomic E-state index is 14.1. The standard InChI is InChI=1S/C48H36Cl2N4O7/c49-38-19-10-30(20-39(38)50)27-60-37-17-15-33(16-18-37)44-46(56)52-40-22-35-23-42(54(26-36(35)24-43(40)61-44)47(57)34-4-2-1-3-5-34)45(55)53-41(48(58)59)21-28-6-11-31(12-7-28)32-13-8-29(25-51)9-14-32/h1-20,22,24,41-42,44H,21,23,26-27H2,(H,52,56)(H,53,55)(H,58,59)/t41?,42-,44-/m0/s1. The van der Waals surface area contributed by atoms with E-state index in [1.54, 1.807) is 103 Å². The fourth-order valence-electron chi connectivity index (χ4n) is 7.41. The third kappa shape index (κ3) is 9.06. The lowest BCUT2D eigenvalue weighted by atomic mass is 9.91. The molecule has 61 heavy (non-hydrogen) atoms. The maximum Gasteiger partial charge on any atom is 0.326 e. The van der Waals surface area contributed by atoms with Crippen LogP contribution in [0.1, 0.15) is 49.8 Å². The summed E-state index contributed by atoms with van der Waals surface area (Å²) < 4.78 is 12.2. The molecule has 3 amide bonds. The van der Waals surface area contributed by atoms with Gasteiger partial charge in [0.05, 0.1) is 27.4 Å². The normalized spacial score (nSPS) is 15.8. The average molecular weight is 852 g/mol. The maximum absolute atomic E-state index is 14.1. The first kappa shape index (κ1) is 40.6. The first-order chi connectivity index (χ1) is 29.5. The topological polar surface area (TPSA) is 158 Å². The number of carboxylic acid groups (broad SMARTS) is 1. The summed E-state index contributed by atoms with van der Waals surface area (Å²) in [6, 6.07) is 38.5. The quantitative estimate of drug-likeness (QED) is 0.117. The number of carbonyl (C=O) groups excluding carboxylic acids is 3. The third-order valence-electron chi connectivity index (χ3n) is 10.7. The molecule has 0 aromatic heterocycles. The van der Waals surface area contributed by atoms with Gasteiger partial charge in [0, 0.05) is 30.5 Å². The highest BCUT2D eigenvalue weighted by molar-refractivity contribution is 6.42. The predicted octanol–water partition coefficient (Wildman–Crippen LogP) is 8.56. The van der Waals surface area contributed by atoms with Crippen molar-refractivity contribution < 1.29 is 33.8 Å². The summed E-state index contributed by atoms with van der Waals surface area (Å²) in [6.45, 7) is 0.286. The van der Waals surface area contributed by atoms with Crippen LogP contribution in [0.5, 0.6) is 11.5 Å². The molecular formula is C48H36Cl2N4O7. The molecule has 6 aromatic rings. The third-order valence-corrected chi connectivity index (χ3v) is 11.4. The zero-order valence-electron chi connectivity index (χ0n) is 32.3. The number of benzene rings is 6. The van der Waals surface area contributed by atoms with Crippen molar-refractivity contribution in [2.45, 2.75) is 44.2 Å². The number of rotatable bonds is 11. The Balaban J connectivity index is 0.991. The van der Waals surface area contributed by atoms with E-state index in [1.807, 2.05) is 30.3 Å². The lowest BCUT2D eigenvalue weighted by Gasteiger charge is -2.37. The van der Waals surface area contributed by atoms with Gasteiger partial charge in [0.15, 0.2) is 0 Å². The zero-order valence-corrected chi connectivity index (χ0v) is 33.8. The highest BCUT2D eigenvalue weighted by Gasteiger charge is 2.39. The second kappa shape index (κ2) is 17.6. The summed E-state index contributed by atoms with van der Waals surface area (Å²) in [6.07, 6.45) is -0.919. The first-order valence-electron chi connectivity index (χ1n) is 19.3. The molecule has 11 nitrogen and oxygen atoms in total. The van der Waals surface area contributed by atoms with E-state index >= 15 is 0 Å². The van der Waals surface area contributed by atoms with Crippen molar-refractivity contribution >= 4 is 52.6 Å². The Hall–Kier alpha value is -7.13. The van der Waals surface area contributed by atoms with Gasteiger partial charge >= 0.3 is 5.97 Å². The van der Waals surface area contributed by atoms with Crippen LogP contribution in [0, 0.1) is 11.3 Å². The van der Waals surface area contributed by atoms with Gasteiger partial charge in [0.1, 0.15) is 30.2 Å². The SMILES string of the molecule is N#Cc1ccc(-c2ccc(CC(NC(=O)[C@@H]3Cc4cc5c(cc4CN3C(=O)c3ccccc3)O[C@@H](c3ccc(OCc4ccc(Cl)c(Cl)c4)cc3)C(=O)N5)C(=O)O)cc2)cc1. The Bertz CT molecular complexity index is 2690. The Kier molecular flexibility index (Phi) is 11.7. The molecule has 2 aliphatic rings. The summed E-state index contributed by atoms with van der Waals surface area (Å²) in [5, 5.41) is 25.9. The van der Waals surface area contributed by atoms with Crippen LogP contribution in [-0.2, 0) is 40.4 Å². The summed E-state index contributed by atoms with van der Waals surface area (Å²) in [5.41, 5.74) is 6.64. The van der Waals surface area contributed by atoms with Crippen molar-refractivity contribution in [3.63, 3.8) is 0 Å². The average Bonchev–Trinajstić information content (AvgIpc) is 3.28. The van der Waals surface area contributed by atoms with Gasteiger partial charge in [0.2, 0.25) is 12.0 Å². The van der Waals surface area contributed by atoms with Gasteiger partial charge in [0.25, 0.3) is 11.8 Å². The first-order valence-corrected chi connectivity index (χ1v) is 20.1. The van der Waals surface area contributed by atoms with Crippen LogP contribution in [0.4, 0.5) is 5.69 Å². The number of aliphatic carboxylic acids is 1. The number of nitrogens with one attached hydrogen (secondary N) is 2. The fraction of sp³-hybridized carbons (Fsp3) is 0.146. The van der Waals surface area contributed by atoms with Crippen molar-refractivity contribution in [2.24, 2.45) is 0 Å². The smallest absolute Gasteiger partial charge is 0.326 e. The minimum atomic E-state index is -1.29. The number of nitriles is 1. The molecule has 6 aromatic carbocycles. The number of nitrogens with zero attached hydrogens (tertiary/aromatic N) is 2. The van der Waals surface area contributed by atoms with Crippen molar-refractivity contribution in [3.8, 4) is 28.7 Å². The second-order valence-corrected chi connectivity index (χ2v) is 15.5. The Morgan fingerprint density at radius 2 is 1.54 bits per heavy atom. The molecular weight excluding hydrogens is 815 g/mol. The zero-order chi connectivity index (χ0) is 42.6. The van der Waals surface area contributed by atoms with Crippen LogP contribution < -0.4 is 20.1 Å². The van der Waals surface area contributed by atoms with Crippen LogP contribution in [0.15, 0.2) is 133 Å². The molecule has 3 atom stereocenters. The van der Waals surface area contributed by atoms with E-state index in [0.29, 0.717) is 60.6 Å². The van der Waals surface area contributed by atoms with E-state index in [1.165, 1.54) is 4.90 Å². The molecule has 2 heterocycles. The van der Waals surface area contributed by atoms with E-state index in [9.17, 15) is 24.3 Å². The predicted molar refractivity (Wildman–Crippen MR) is 229 cm³/mol. The molecule has 0 saturated carbocycles. The van der Waals surface area contributed by atoms with Gasteiger partial charge in [-0.25, -0.2) is 4.79 Å². The van der Waals surface area contributed by atoms with Crippen molar-refractivity contribution in [3.05, 3.63) is 182 Å². The summed E-state index contributed by atoms with van der Waals surface area (Å²) in [7, 11) is 0. The summed E-state index contributed by atoms with van der Waals surface area (Å²) >= 11 is 12.2. The molecule has 2 aliphatic heterocycles. The number of hydrogen-bond donors (Lipinski definition) is 3. The molecule has 0 saturated heterocycles. The van der Waals surface area contributed by atoms with Gasteiger partial charge in [-0.05, 0) is 94.0 Å². The molecule has 0 radical (unpaired) electrons. The molecule has 8 rings (SSSR count). The number of carboxylic acids is 1. The van der Waals surface area contributed by atoms with Crippen molar-refractivity contribution in [1.82, 2.24) is 10.2 Å². The van der Waals surface area contributed by atoms with Crippen molar-refractivity contribution in [2.75, 3.05) is 5.32 Å². The molecule has 1 unspecified atom stereocenters. The number of hydrogen-bond acceptors (Lipinski definition) is 7. The highest BCUT2D eigenvalue weighted by Crippen LogP contribution is 2.40. The number of halogens is 2. The monoisotopic (exact) mass is 850 g/mol. The Morgan fingerprint density at radius 3 is 2.21 bits per heavy atom. The van der Waals surface area contributed by atoms with Crippen LogP contribution in [-0.4, -0.2) is 45.8 Å². The van der Waals surface area contributed by atoms with E-state index < -0.39 is 41.9 Å². The van der Waals surface area contributed by atoms with Gasteiger partial charge in [-0.2, -0.15) is 5.26 Å². The minimum Gasteiger partial charge on any atom is -0.489 e. The second-order valence-electron chi connectivity index (χ2n) is 14.7. The molecule has 0 aliphatic carbocycles. The lowest BCUT2D eigenvalue weighted by molar-refractivity contribution is -0.142. The Labute approximate surface area is 361 Å². The summed E-state index contributed by atoms with van der Waals surface area (Å²) in [5.74, 6) is -1.67. The highest BCUT2D eigenvalue weighted by atomic mass is 35.5. The fourth-order valence-corrected chi connectivity index (χ4v) is 7.73. The molecule has 3 N–H and O–H groups in total. The van der Waals surface area contributed by atoms with Gasteiger partial charge in [-0.3, -0.25) is 14.4 Å². The minimum absolute atomic E-state index is 0.00279. The van der Waals surface area contributed by atoms with Crippen LogP contribution in [0.3, 0.4) is 0 Å². The Morgan fingerprint density at radius 1 is 0.852 bits per heavy atom. The molecule has 0 fully saturated rings. The molecule has 0 bridgehead atoms. The number of fused-ring (bicyclic) bond motifs is 2.